The monoisotopic (exact) mass is 344 g/mol. The maximum atomic E-state index is 12.7. The van der Waals surface area contributed by atoms with E-state index in [9.17, 15) is 4.79 Å². The van der Waals surface area contributed by atoms with Crippen LogP contribution in [0.1, 0.15) is 35.4 Å². The highest BCUT2D eigenvalue weighted by atomic mass is 32.1. The number of carbonyl (C=O) groups is 1. The highest BCUT2D eigenvalue weighted by molar-refractivity contribution is 7.10. The first kappa shape index (κ1) is 16.8. The first-order valence-corrected chi connectivity index (χ1v) is 9.21. The van der Waals surface area contributed by atoms with E-state index in [1.165, 1.54) is 10.4 Å². The predicted octanol–water partition coefficient (Wildman–Crippen LogP) is 3.43. The van der Waals surface area contributed by atoms with E-state index in [-0.39, 0.29) is 12.1 Å². The van der Waals surface area contributed by atoms with Crippen molar-refractivity contribution in [2.75, 3.05) is 25.5 Å². The molecule has 5 nitrogen and oxygen atoms in total. The maximum absolute atomic E-state index is 12.7. The number of fused-ring (bicyclic) bond motifs is 1. The zero-order valence-electron chi connectivity index (χ0n) is 14.5. The molecule has 6 heteroatoms. The fourth-order valence-electron chi connectivity index (χ4n) is 3.17. The molecule has 0 spiro atoms. The van der Waals surface area contributed by atoms with Crippen molar-refractivity contribution in [1.29, 1.82) is 0 Å². The number of urea groups is 1. The van der Waals surface area contributed by atoms with Crippen molar-refractivity contribution in [3.05, 3.63) is 45.8 Å². The van der Waals surface area contributed by atoms with Gasteiger partial charge in [-0.2, -0.15) is 0 Å². The Labute approximate surface area is 147 Å². The Hall–Kier alpha value is -2.08. The zero-order valence-corrected chi connectivity index (χ0v) is 15.3. The van der Waals surface area contributed by atoms with Gasteiger partial charge in [0.1, 0.15) is 5.82 Å². The van der Waals surface area contributed by atoms with Gasteiger partial charge in [0, 0.05) is 38.3 Å². The third-order valence-corrected chi connectivity index (χ3v) is 5.45. The molecule has 1 atom stereocenters. The molecule has 0 saturated carbocycles. The quantitative estimate of drug-likeness (QED) is 0.924. The van der Waals surface area contributed by atoms with E-state index in [1.807, 2.05) is 36.0 Å². The highest BCUT2D eigenvalue weighted by Gasteiger charge is 2.30. The Bertz CT molecular complexity index is 713. The summed E-state index contributed by atoms with van der Waals surface area (Å²) in [4.78, 5) is 22.3. The van der Waals surface area contributed by atoms with Gasteiger partial charge < -0.3 is 15.1 Å². The van der Waals surface area contributed by atoms with E-state index < -0.39 is 0 Å². The Morgan fingerprint density at radius 1 is 1.46 bits per heavy atom. The largest absolute Gasteiger partial charge is 0.363 e. The number of hydrogen-bond acceptors (Lipinski definition) is 4. The summed E-state index contributed by atoms with van der Waals surface area (Å²) < 4.78 is 0. The van der Waals surface area contributed by atoms with Crippen LogP contribution in [-0.4, -0.2) is 36.6 Å². The van der Waals surface area contributed by atoms with Gasteiger partial charge in [0.15, 0.2) is 0 Å². The summed E-state index contributed by atoms with van der Waals surface area (Å²) in [7, 11) is 3.92. The van der Waals surface area contributed by atoms with Crippen molar-refractivity contribution in [2.24, 2.45) is 0 Å². The lowest BCUT2D eigenvalue weighted by atomic mass is 9.98. The number of nitrogens with zero attached hydrogens (tertiary/aromatic N) is 3. The number of rotatable bonds is 4. The summed E-state index contributed by atoms with van der Waals surface area (Å²) in [5.41, 5.74) is 2.38. The Balaban J connectivity index is 1.66. The summed E-state index contributed by atoms with van der Waals surface area (Å²) in [6.45, 7) is 3.45. The molecule has 2 amide bonds. The van der Waals surface area contributed by atoms with Crippen molar-refractivity contribution >= 4 is 23.2 Å². The molecule has 0 fully saturated rings. The lowest BCUT2D eigenvalue weighted by molar-refractivity contribution is 0.167. The van der Waals surface area contributed by atoms with Gasteiger partial charge in [0.05, 0.1) is 6.04 Å². The molecule has 3 rings (SSSR count). The molecule has 1 aliphatic heterocycles. The van der Waals surface area contributed by atoms with Gasteiger partial charge in [0.25, 0.3) is 0 Å². The number of carbonyl (C=O) groups excluding carboxylic acids is 1. The van der Waals surface area contributed by atoms with Crippen LogP contribution in [0, 0.1) is 0 Å². The lowest BCUT2D eigenvalue weighted by Gasteiger charge is -2.35. The minimum atomic E-state index is 0.0157. The minimum Gasteiger partial charge on any atom is -0.363 e. The van der Waals surface area contributed by atoms with Crippen LogP contribution in [-0.2, 0) is 13.0 Å². The van der Waals surface area contributed by atoms with E-state index in [2.05, 4.69) is 28.7 Å². The van der Waals surface area contributed by atoms with Gasteiger partial charge in [-0.1, -0.05) is 6.92 Å². The van der Waals surface area contributed by atoms with Crippen molar-refractivity contribution in [2.45, 2.75) is 32.4 Å². The van der Waals surface area contributed by atoms with Crippen LogP contribution in [0.2, 0.25) is 0 Å². The number of aromatic nitrogens is 1. The van der Waals surface area contributed by atoms with Gasteiger partial charge in [-0.3, -0.25) is 0 Å². The summed E-state index contributed by atoms with van der Waals surface area (Å²) in [6.07, 6.45) is 3.68. The molecule has 3 heterocycles. The van der Waals surface area contributed by atoms with Crippen LogP contribution < -0.4 is 10.2 Å². The lowest BCUT2D eigenvalue weighted by Crippen LogP contribution is -2.44. The molecule has 128 valence electrons. The highest BCUT2D eigenvalue weighted by Crippen LogP contribution is 2.35. The number of nitrogens with one attached hydrogen (secondary N) is 1. The van der Waals surface area contributed by atoms with Crippen LogP contribution in [0.4, 0.5) is 10.6 Å². The zero-order chi connectivity index (χ0) is 17.1. The molecule has 0 bridgehead atoms. The van der Waals surface area contributed by atoms with E-state index in [1.54, 1.807) is 17.5 Å². The van der Waals surface area contributed by atoms with Crippen molar-refractivity contribution in [3.8, 4) is 0 Å². The number of amides is 2. The van der Waals surface area contributed by atoms with Crippen LogP contribution in [0.25, 0.3) is 0 Å². The van der Waals surface area contributed by atoms with E-state index >= 15 is 0 Å². The third-order valence-electron chi connectivity index (χ3n) is 4.45. The third kappa shape index (κ3) is 3.38. The summed E-state index contributed by atoms with van der Waals surface area (Å²) >= 11 is 1.80. The molecular formula is C18H24N4OS. The number of pyridine rings is 1. The second-order valence-corrected chi connectivity index (χ2v) is 7.24. The normalized spacial score (nSPS) is 16.6. The summed E-state index contributed by atoms with van der Waals surface area (Å²) in [5.74, 6) is 0.897. The minimum absolute atomic E-state index is 0.0157. The average molecular weight is 344 g/mol. The first-order valence-electron chi connectivity index (χ1n) is 8.33. The van der Waals surface area contributed by atoms with Crippen LogP contribution in [0.5, 0.6) is 0 Å². The van der Waals surface area contributed by atoms with Gasteiger partial charge in [-0.05, 0) is 47.5 Å². The fourth-order valence-corrected chi connectivity index (χ4v) is 4.10. The van der Waals surface area contributed by atoms with Crippen LogP contribution >= 0.6 is 11.3 Å². The average Bonchev–Trinajstić information content (AvgIpc) is 3.07. The molecule has 0 saturated heterocycles. The van der Waals surface area contributed by atoms with Crippen molar-refractivity contribution < 1.29 is 4.79 Å². The van der Waals surface area contributed by atoms with Crippen LogP contribution in [0.15, 0.2) is 29.8 Å². The SMILES string of the molecule is CC[C@H]1c2ccsc2CCN1C(=O)NCc1ccnc(N(C)C)c1. The Morgan fingerprint density at radius 2 is 2.29 bits per heavy atom. The molecule has 0 unspecified atom stereocenters. The van der Waals surface area contributed by atoms with Gasteiger partial charge in [-0.25, -0.2) is 9.78 Å². The first-order chi connectivity index (χ1) is 11.6. The molecule has 1 aliphatic rings. The second kappa shape index (κ2) is 7.21. The molecule has 0 aliphatic carbocycles. The molecule has 2 aromatic heterocycles. The summed E-state index contributed by atoms with van der Waals surface area (Å²) in [5, 5.41) is 5.20. The molecule has 0 radical (unpaired) electrons. The predicted molar refractivity (Wildman–Crippen MR) is 98.6 cm³/mol. The van der Waals surface area contributed by atoms with Gasteiger partial charge in [-0.15, -0.1) is 11.3 Å². The second-order valence-electron chi connectivity index (χ2n) is 6.24. The fraction of sp³-hybridized carbons (Fsp3) is 0.444. The van der Waals surface area contributed by atoms with Gasteiger partial charge in [0.2, 0.25) is 0 Å². The molecule has 0 aromatic carbocycles. The van der Waals surface area contributed by atoms with E-state index in [0.717, 1.165) is 30.8 Å². The smallest absolute Gasteiger partial charge is 0.318 e. The Kier molecular flexibility index (Phi) is 5.04. The maximum Gasteiger partial charge on any atom is 0.318 e. The van der Waals surface area contributed by atoms with Crippen LogP contribution in [0.3, 0.4) is 0 Å². The molecular weight excluding hydrogens is 320 g/mol. The van der Waals surface area contributed by atoms with E-state index in [4.69, 9.17) is 0 Å². The van der Waals surface area contributed by atoms with Crippen molar-refractivity contribution in [3.63, 3.8) is 0 Å². The topological polar surface area (TPSA) is 48.5 Å². The molecule has 1 N–H and O–H groups in total. The summed E-state index contributed by atoms with van der Waals surface area (Å²) in [6, 6.07) is 6.32. The number of thiophene rings is 1. The van der Waals surface area contributed by atoms with Gasteiger partial charge >= 0.3 is 6.03 Å². The molecule has 24 heavy (non-hydrogen) atoms. The van der Waals surface area contributed by atoms with Crippen molar-refractivity contribution in [1.82, 2.24) is 15.2 Å². The van der Waals surface area contributed by atoms with E-state index in [0.29, 0.717) is 6.54 Å². The standard InChI is InChI=1S/C18H24N4OS/c1-4-15-14-7-10-24-16(14)6-9-22(15)18(23)20-12-13-5-8-19-17(11-13)21(2)3/h5,7-8,10-11,15H,4,6,9,12H2,1-3H3,(H,20,23)/t15-/m0/s1. The molecule has 2 aromatic rings. The Morgan fingerprint density at radius 3 is 3.04 bits per heavy atom. The number of hydrogen-bond donors (Lipinski definition) is 1. The number of anilines is 1.